The number of amides is 1. The lowest BCUT2D eigenvalue weighted by atomic mass is 9.96. The Labute approximate surface area is 244 Å². The van der Waals surface area contributed by atoms with Gasteiger partial charge in [0.25, 0.3) is 0 Å². The molecule has 2 aliphatic rings. The molecule has 4 heterocycles. The minimum Gasteiger partial charge on any atom is -0.486 e. The van der Waals surface area contributed by atoms with Crippen molar-refractivity contribution in [2.75, 3.05) is 49.9 Å². The van der Waals surface area contributed by atoms with Gasteiger partial charge in [0.05, 0.1) is 15.8 Å². The number of nitrogens with zero attached hydrogens (tertiary/aromatic N) is 4. The fourth-order valence-electron chi connectivity index (χ4n) is 5.26. The average Bonchev–Trinajstić information content (AvgIpc) is 2.98. The summed E-state index contributed by atoms with van der Waals surface area (Å²) in [7, 11) is 0. The van der Waals surface area contributed by atoms with Gasteiger partial charge < -0.3 is 25.6 Å². The number of carbonyl (C=O) groups is 1. The van der Waals surface area contributed by atoms with E-state index in [-0.39, 0.29) is 17.5 Å². The zero-order valence-electron chi connectivity index (χ0n) is 22.4. The first-order valence-electron chi connectivity index (χ1n) is 13.5. The van der Waals surface area contributed by atoms with E-state index in [2.05, 4.69) is 20.2 Å². The molecule has 210 valence electrons. The fraction of sp³-hybridized carbons (Fsp3) is 0.379. The Morgan fingerprint density at radius 3 is 2.42 bits per heavy atom. The van der Waals surface area contributed by atoms with Crippen molar-refractivity contribution in [2.24, 2.45) is 5.92 Å². The van der Waals surface area contributed by atoms with Crippen molar-refractivity contribution in [3.8, 4) is 5.75 Å². The van der Waals surface area contributed by atoms with Crippen LogP contribution in [0.3, 0.4) is 0 Å². The molecule has 0 bridgehead atoms. The molecule has 1 amide bonds. The number of rotatable bonds is 7. The first-order valence-corrected chi connectivity index (χ1v) is 14.2. The van der Waals surface area contributed by atoms with E-state index < -0.39 is 6.10 Å². The molecule has 4 N–H and O–H groups in total. The molecule has 0 unspecified atom stereocenters. The van der Waals surface area contributed by atoms with Gasteiger partial charge in [-0.25, -0.2) is 4.98 Å². The van der Waals surface area contributed by atoms with Gasteiger partial charge in [-0.2, -0.15) is 0 Å². The highest BCUT2D eigenvalue weighted by molar-refractivity contribution is 6.35. The first-order chi connectivity index (χ1) is 19.3. The number of nitrogens with one attached hydrogen (secondary N) is 2. The Bertz CT molecular complexity index is 1350. The summed E-state index contributed by atoms with van der Waals surface area (Å²) < 4.78 is 6.10. The summed E-state index contributed by atoms with van der Waals surface area (Å²) in [6.07, 6.45) is 6.14. The number of carbonyl (C=O) groups excluding carboxylic acids is 1. The summed E-state index contributed by atoms with van der Waals surface area (Å²) >= 11 is 12.6. The molecule has 0 radical (unpaired) electrons. The molecule has 1 atom stereocenters. The molecule has 1 aromatic carbocycles. The molecule has 2 aromatic heterocycles. The van der Waals surface area contributed by atoms with Gasteiger partial charge in [0.2, 0.25) is 5.91 Å². The topological polar surface area (TPSA) is 120 Å². The molecule has 5 rings (SSSR count). The largest absolute Gasteiger partial charge is 0.486 e. The maximum absolute atomic E-state index is 12.9. The predicted molar refractivity (Wildman–Crippen MR) is 159 cm³/mol. The predicted octanol–water partition coefficient (Wildman–Crippen LogP) is 4.57. The summed E-state index contributed by atoms with van der Waals surface area (Å²) in [5, 5.41) is 13.0. The van der Waals surface area contributed by atoms with E-state index in [9.17, 15) is 4.79 Å². The van der Waals surface area contributed by atoms with Crippen LogP contribution < -0.4 is 20.7 Å². The zero-order valence-corrected chi connectivity index (χ0v) is 23.9. The first kappa shape index (κ1) is 28.1. The lowest BCUT2D eigenvalue weighted by Gasteiger charge is -2.37. The number of piperazine rings is 1. The molecule has 0 aliphatic carbocycles. The van der Waals surface area contributed by atoms with Crippen LogP contribution in [-0.2, 0) is 4.79 Å². The summed E-state index contributed by atoms with van der Waals surface area (Å²) in [5.74, 6) is 1.78. The third-order valence-electron chi connectivity index (χ3n) is 7.54. The number of benzene rings is 1. The number of aromatic nitrogens is 2. The molecule has 0 spiro atoms. The monoisotopic (exact) mass is 581 g/mol. The second kappa shape index (κ2) is 12.4. The van der Waals surface area contributed by atoms with Crippen molar-refractivity contribution in [3.05, 3.63) is 75.7 Å². The van der Waals surface area contributed by atoms with Crippen molar-refractivity contribution in [2.45, 2.75) is 25.9 Å². The highest BCUT2D eigenvalue weighted by atomic mass is 35.5. The van der Waals surface area contributed by atoms with Crippen LogP contribution in [0.1, 0.15) is 42.6 Å². The van der Waals surface area contributed by atoms with E-state index in [1.807, 2.05) is 24.0 Å². The van der Waals surface area contributed by atoms with Crippen LogP contribution in [0.5, 0.6) is 5.75 Å². The molecular formula is C29H33Cl2N7O2. The number of piperidine rings is 1. The molecule has 9 nitrogen and oxygen atoms in total. The maximum atomic E-state index is 12.9. The van der Waals surface area contributed by atoms with E-state index in [1.165, 1.54) is 12.4 Å². The Hall–Kier alpha value is -3.40. The van der Waals surface area contributed by atoms with E-state index in [1.54, 1.807) is 24.4 Å². The standard InChI is InChI=1S/C29H33Cl2N7O2/c1-18(27-23(30)16-35-17-24(27)31)40-21-3-4-25(32)22(14-21)28(33)20-2-5-26(36-15-20)37-10-12-38(13-11-37)29(39)19-6-8-34-9-7-19/h2-5,14-19,33-34H,6-13,32H2,1H3/t18-/m1/s1. The third-order valence-corrected chi connectivity index (χ3v) is 8.15. The molecular weight excluding hydrogens is 549 g/mol. The van der Waals surface area contributed by atoms with Crippen LogP contribution in [0.15, 0.2) is 48.9 Å². The van der Waals surface area contributed by atoms with Gasteiger partial charge in [-0.05, 0) is 63.2 Å². The Morgan fingerprint density at radius 1 is 1.07 bits per heavy atom. The number of nitrogen functional groups attached to an aromatic ring is 1. The van der Waals surface area contributed by atoms with E-state index in [4.69, 9.17) is 39.1 Å². The van der Waals surface area contributed by atoms with E-state index in [0.29, 0.717) is 51.3 Å². The van der Waals surface area contributed by atoms with Crippen LogP contribution >= 0.6 is 23.2 Å². The summed E-state index contributed by atoms with van der Waals surface area (Å²) in [5.41, 5.74) is 8.77. The van der Waals surface area contributed by atoms with Gasteiger partial charge in [-0.3, -0.25) is 15.2 Å². The maximum Gasteiger partial charge on any atom is 0.225 e. The van der Waals surface area contributed by atoms with Crippen molar-refractivity contribution >= 4 is 46.3 Å². The molecule has 2 aliphatic heterocycles. The lowest BCUT2D eigenvalue weighted by Crippen LogP contribution is -2.51. The van der Waals surface area contributed by atoms with Gasteiger partial charge in [-0.15, -0.1) is 0 Å². The van der Waals surface area contributed by atoms with Crippen molar-refractivity contribution in [1.29, 1.82) is 5.41 Å². The summed E-state index contributed by atoms with van der Waals surface area (Å²) in [4.78, 5) is 25.7. The SMILES string of the molecule is C[C@@H](Oc1ccc(N)c(C(=N)c2ccc(N3CCN(C(=O)C4CCNCC4)CC3)nc2)c1)c1c(Cl)cncc1Cl. The summed E-state index contributed by atoms with van der Waals surface area (Å²) in [6.45, 7) is 6.53. The number of anilines is 2. The average molecular weight is 583 g/mol. The molecule has 2 fully saturated rings. The minimum atomic E-state index is -0.440. The Kier molecular flexibility index (Phi) is 8.73. The van der Waals surface area contributed by atoms with Gasteiger partial charge in [0.1, 0.15) is 17.7 Å². The number of pyridine rings is 2. The fourth-order valence-corrected chi connectivity index (χ4v) is 5.93. The van der Waals surface area contributed by atoms with E-state index >= 15 is 0 Å². The van der Waals surface area contributed by atoms with Crippen LogP contribution in [0, 0.1) is 11.3 Å². The smallest absolute Gasteiger partial charge is 0.225 e. The molecule has 2 saturated heterocycles. The van der Waals surface area contributed by atoms with Crippen molar-refractivity contribution in [3.63, 3.8) is 0 Å². The van der Waals surface area contributed by atoms with Gasteiger partial charge in [0.15, 0.2) is 0 Å². The molecule has 11 heteroatoms. The molecule has 40 heavy (non-hydrogen) atoms. The Morgan fingerprint density at radius 2 is 1.77 bits per heavy atom. The van der Waals surface area contributed by atoms with Gasteiger partial charge in [0, 0.05) is 73.1 Å². The highest BCUT2D eigenvalue weighted by Gasteiger charge is 2.28. The van der Waals surface area contributed by atoms with Gasteiger partial charge in [-0.1, -0.05) is 23.2 Å². The lowest BCUT2D eigenvalue weighted by molar-refractivity contribution is -0.136. The van der Waals surface area contributed by atoms with Gasteiger partial charge >= 0.3 is 0 Å². The number of halogens is 2. The normalized spacial score (nSPS) is 17.0. The molecule has 0 saturated carbocycles. The van der Waals surface area contributed by atoms with Crippen LogP contribution in [-0.4, -0.2) is 65.8 Å². The van der Waals surface area contributed by atoms with Crippen molar-refractivity contribution in [1.82, 2.24) is 20.2 Å². The molecule has 3 aromatic rings. The zero-order chi connectivity index (χ0) is 28.2. The third kappa shape index (κ3) is 6.16. The number of nitrogens with two attached hydrogens (primary N) is 1. The number of hydrogen-bond acceptors (Lipinski definition) is 8. The quantitative estimate of drug-likeness (QED) is 0.276. The number of ether oxygens (including phenoxy) is 1. The Balaban J connectivity index is 1.23. The minimum absolute atomic E-state index is 0.141. The van der Waals surface area contributed by atoms with Crippen molar-refractivity contribution < 1.29 is 9.53 Å². The number of hydrogen-bond donors (Lipinski definition) is 3. The summed E-state index contributed by atoms with van der Waals surface area (Å²) in [6, 6.07) is 9.00. The second-order valence-electron chi connectivity index (χ2n) is 10.1. The second-order valence-corrected chi connectivity index (χ2v) is 11.0. The van der Waals surface area contributed by atoms with E-state index in [0.717, 1.165) is 44.8 Å². The van der Waals surface area contributed by atoms with Crippen LogP contribution in [0.2, 0.25) is 10.0 Å². The van der Waals surface area contributed by atoms with Crippen LogP contribution in [0.25, 0.3) is 0 Å². The highest BCUT2D eigenvalue weighted by Crippen LogP contribution is 2.33. The van der Waals surface area contributed by atoms with Crippen LogP contribution in [0.4, 0.5) is 11.5 Å².